The molecule has 0 bridgehead atoms. The van der Waals surface area contributed by atoms with E-state index in [2.05, 4.69) is 20.6 Å². The molecule has 2 aromatic heterocycles. The Balaban J connectivity index is 1.52. The number of nitrogens with zero attached hydrogens (tertiary/aromatic N) is 1. The molecule has 156 valence electrons. The van der Waals surface area contributed by atoms with Gasteiger partial charge >= 0.3 is 6.18 Å². The molecule has 31 heavy (non-hydrogen) atoms. The molecule has 0 aliphatic heterocycles. The van der Waals surface area contributed by atoms with Gasteiger partial charge in [0.05, 0.1) is 16.8 Å². The number of carbonyl (C=O) groups is 1. The Hall–Kier alpha value is -4.14. The predicted molar refractivity (Wildman–Crippen MR) is 111 cm³/mol. The normalized spacial score (nSPS) is 11.3. The van der Waals surface area contributed by atoms with Crippen LogP contribution in [0.4, 0.5) is 30.2 Å². The van der Waals surface area contributed by atoms with Gasteiger partial charge in [0.1, 0.15) is 5.65 Å². The summed E-state index contributed by atoms with van der Waals surface area (Å²) in [5.74, 6) is -0.849. The first-order chi connectivity index (χ1) is 14.8. The van der Waals surface area contributed by atoms with Crippen molar-refractivity contribution in [1.82, 2.24) is 9.97 Å². The molecule has 2 aromatic carbocycles. The maximum Gasteiger partial charge on any atom is 0.417 e. The first-order valence-corrected chi connectivity index (χ1v) is 9.14. The van der Waals surface area contributed by atoms with Gasteiger partial charge in [0, 0.05) is 29.0 Å². The number of H-pyrrole nitrogens is 1. The first-order valence-electron chi connectivity index (χ1n) is 9.14. The number of pyridine rings is 2. The molecule has 6 nitrogen and oxygen atoms in total. The standard InChI is InChI=1S/C22H15F3N4O2/c23-22(24,25)17-4-2-1-3-15(17)21(31)28-14-7-5-13(6-8-14)27-18-11-12-26-20-16(18)9-10-19(30)29-20/h1-12H,(H,28,31)(H2,26,27,29,30). The number of aromatic amines is 1. The molecule has 4 aromatic rings. The minimum absolute atomic E-state index is 0.260. The zero-order valence-corrected chi connectivity index (χ0v) is 15.8. The molecule has 1 amide bonds. The molecule has 0 atom stereocenters. The number of alkyl halides is 3. The Kier molecular flexibility index (Phi) is 5.16. The summed E-state index contributed by atoms with van der Waals surface area (Å²) >= 11 is 0. The number of rotatable bonds is 4. The molecule has 0 spiro atoms. The van der Waals surface area contributed by atoms with Crippen LogP contribution in [-0.4, -0.2) is 15.9 Å². The van der Waals surface area contributed by atoms with Gasteiger partial charge in [0.25, 0.3) is 5.91 Å². The van der Waals surface area contributed by atoms with Crippen LogP contribution < -0.4 is 16.2 Å². The van der Waals surface area contributed by atoms with Gasteiger partial charge in [0.15, 0.2) is 0 Å². The second kappa shape index (κ2) is 7.94. The van der Waals surface area contributed by atoms with Crippen LogP contribution in [0, 0.1) is 0 Å². The van der Waals surface area contributed by atoms with Gasteiger partial charge in [-0.2, -0.15) is 13.2 Å². The second-order valence-electron chi connectivity index (χ2n) is 6.64. The average molecular weight is 424 g/mol. The summed E-state index contributed by atoms with van der Waals surface area (Å²) in [6.07, 6.45) is -3.08. The lowest BCUT2D eigenvalue weighted by Crippen LogP contribution is -2.18. The molecule has 0 aliphatic rings. The van der Waals surface area contributed by atoms with E-state index in [0.717, 1.165) is 12.1 Å². The topological polar surface area (TPSA) is 86.9 Å². The van der Waals surface area contributed by atoms with Crippen molar-refractivity contribution >= 4 is 34.0 Å². The fourth-order valence-electron chi connectivity index (χ4n) is 3.09. The first kappa shape index (κ1) is 20.1. The number of anilines is 3. The van der Waals surface area contributed by atoms with E-state index in [1.807, 2.05) is 0 Å². The van der Waals surface area contributed by atoms with Crippen molar-refractivity contribution < 1.29 is 18.0 Å². The molecule has 0 saturated heterocycles. The highest BCUT2D eigenvalue weighted by Crippen LogP contribution is 2.32. The zero-order chi connectivity index (χ0) is 22.0. The number of hydrogen-bond donors (Lipinski definition) is 3. The highest BCUT2D eigenvalue weighted by Gasteiger charge is 2.34. The van der Waals surface area contributed by atoms with E-state index >= 15 is 0 Å². The number of benzene rings is 2. The van der Waals surface area contributed by atoms with Gasteiger partial charge in [-0.05, 0) is 48.5 Å². The van der Waals surface area contributed by atoms with Gasteiger partial charge in [-0.1, -0.05) is 12.1 Å². The average Bonchev–Trinajstić information content (AvgIpc) is 2.74. The Morgan fingerprint density at radius 2 is 1.61 bits per heavy atom. The number of nitrogens with one attached hydrogen (secondary N) is 3. The van der Waals surface area contributed by atoms with Gasteiger partial charge in [-0.25, -0.2) is 4.98 Å². The van der Waals surface area contributed by atoms with Crippen molar-refractivity contribution in [3.8, 4) is 0 Å². The zero-order valence-electron chi connectivity index (χ0n) is 15.8. The SMILES string of the molecule is O=C(Nc1ccc(Nc2ccnc3[nH]c(=O)ccc23)cc1)c1ccccc1C(F)(F)F. The molecule has 0 radical (unpaired) electrons. The Bertz CT molecular complexity index is 1310. The minimum Gasteiger partial charge on any atom is -0.355 e. The summed E-state index contributed by atoms with van der Waals surface area (Å²) in [5, 5.41) is 6.38. The molecular formula is C22H15F3N4O2. The highest BCUT2D eigenvalue weighted by atomic mass is 19.4. The number of carbonyl (C=O) groups excluding carboxylic acids is 1. The van der Waals surface area contributed by atoms with E-state index in [-0.39, 0.29) is 5.56 Å². The fraction of sp³-hybridized carbons (Fsp3) is 0.0455. The van der Waals surface area contributed by atoms with Crippen molar-refractivity contribution in [2.45, 2.75) is 6.18 Å². The summed E-state index contributed by atoms with van der Waals surface area (Å²) in [7, 11) is 0. The maximum absolute atomic E-state index is 13.1. The summed E-state index contributed by atoms with van der Waals surface area (Å²) in [4.78, 5) is 30.6. The van der Waals surface area contributed by atoms with E-state index in [1.54, 1.807) is 42.6 Å². The lowest BCUT2D eigenvalue weighted by molar-refractivity contribution is -0.137. The third-order valence-electron chi connectivity index (χ3n) is 4.53. The molecule has 4 rings (SSSR count). The van der Waals surface area contributed by atoms with Gasteiger partial charge in [0.2, 0.25) is 5.56 Å². The predicted octanol–water partition coefficient (Wildman–Crippen LogP) is 4.94. The van der Waals surface area contributed by atoms with Crippen molar-refractivity contribution in [2.24, 2.45) is 0 Å². The quantitative estimate of drug-likeness (QED) is 0.433. The lowest BCUT2D eigenvalue weighted by atomic mass is 10.1. The summed E-state index contributed by atoms with van der Waals surface area (Å²) in [6.45, 7) is 0. The van der Waals surface area contributed by atoms with Crippen molar-refractivity contribution in [1.29, 1.82) is 0 Å². The molecular weight excluding hydrogens is 409 g/mol. The van der Waals surface area contributed by atoms with E-state index in [0.29, 0.717) is 28.1 Å². The van der Waals surface area contributed by atoms with Gasteiger partial charge in [-0.3, -0.25) is 9.59 Å². The van der Waals surface area contributed by atoms with Gasteiger partial charge in [-0.15, -0.1) is 0 Å². The Morgan fingerprint density at radius 1 is 0.903 bits per heavy atom. The van der Waals surface area contributed by atoms with Crippen LogP contribution >= 0.6 is 0 Å². The molecule has 0 fully saturated rings. The number of hydrogen-bond acceptors (Lipinski definition) is 4. The van der Waals surface area contributed by atoms with E-state index < -0.39 is 23.2 Å². The highest BCUT2D eigenvalue weighted by molar-refractivity contribution is 6.05. The van der Waals surface area contributed by atoms with Crippen LogP contribution in [0.3, 0.4) is 0 Å². The third kappa shape index (κ3) is 4.40. The molecule has 0 aliphatic carbocycles. The van der Waals surface area contributed by atoms with E-state index in [9.17, 15) is 22.8 Å². The van der Waals surface area contributed by atoms with Crippen LogP contribution in [0.25, 0.3) is 11.0 Å². The van der Waals surface area contributed by atoms with Crippen LogP contribution in [0.5, 0.6) is 0 Å². The van der Waals surface area contributed by atoms with Crippen LogP contribution in [0.2, 0.25) is 0 Å². The minimum atomic E-state index is -4.63. The Morgan fingerprint density at radius 3 is 2.35 bits per heavy atom. The third-order valence-corrected chi connectivity index (χ3v) is 4.53. The number of fused-ring (bicyclic) bond motifs is 1. The Labute approximate surface area is 173 Å². The van der Waals surface area contributed by atoms with E-state index in [1.165, 1.54) is 18.2 Å². The van der Waals surface area contributed by atoms with Crippen LogP contribution in [0.1, 0.15) is 15.9 Å². The van der Waals surface area contributed by atoms with Crippen molar-refractivity contribution in [3.63, 3.8) is 0 Å². The van der Waals surface area contributed by atoms with Crippen molar-refractivity contribution in [2.75, 3.05) is 10.6 Å². The summed E-state index contributed by atoms with van der Waals surface area (Å²) in [5.41, 5.74) is 0.456. The van der Waals surface area contributed by atoms with Gasteiger partial charge < -0.3 is 15.6 Å². The van der Waals surface area contributed by atoms with Crippen LogP contribution in [-0.2, 0) is 6.18 Å². The summed E-state index contributed by atoms with van der Waals surface area (Å²) < 4.78 is 39.4. The smallest absolute Gasteiger partial charge is 0.355 e. The van der Waals surface area contributed by atoms with Crippen molar-refractivity contribution in [3.05, 3.63) is 94.4 Å². The fourth-order valence-corrected chi connectivity index (χ4v) is 3.09. The molecule has 0 saturated carbocycles. The number of amides is 1. The lowest BCUT2D eigenvalue weighted by Gasteiger charge is -2.13. The molecule has 2 heterocycles. The molecule has 9 heteroatoms. The number of aromatic nitrogens is 2. The summed E-state index contributed by atoms with van der Waals surface area (Å²) in [6, 6.07) is 15.9. The molecule has 0 unspecified atom stereocenters. The second-order valence-corrected chi connectivity index (χ2v) is 6.64. The molecule has 3 N–H and O–H groups in total. The monoisotopic (exact) mass is 424 g/mol. The largest absolute Gasteiger partial charge is 0.417 e. The van der Waals surface area contributed by atoms with E-state index in [4.69, 9.17) is 0 Å². The number of halogens is 3. The van der Waals surface area contributed by atoms with Crippen LogP contribution in [0.15, 0.2) is 77.7 Å². The maximum atomic E-state index is 13.1.